The summed E-state index contributed by atoms with van der Waals surface area (Å²) in [5.41, 5.74) is 1.23. The lowest BCUT2D eigenvalue weighted by atomic mass is 10.1. The second-order valence-corrected chi connectivity index (χ2v) is 5.12. The molecule has 0 aliphatic heterocycles. The van der Waals surface area contributed by atoms with Crippen LogP contribution >= 0.6 is 11.8 Å². The molecule has 1 unspecified atom stereocenters. The minimum Gasteiger partial charge on any atom is -0.497 e. The third-order valence-electron chi connectivity index (χ3n) is 2.82. The number of aryl methyl sites for hydroxylation is 1. The average molecular weight is 278 g/mol. The highest BCUT2D eigenvalue weighted by Crippen LogP contribution is 2.23. The van der Waals surface area contributed by atoms with Gasteiger partial charge in [0.1, 0.15) is 11.6 Å². The molecule has 6 heteroatoms. The molecule has 5 nitrogen and oxygen atoms in total. The number of hydrogen-bond donors (Lipinski definition) is 2. The van der Waals surface area contributed by atoms with Crippen molar-refractivity contribution in [1.29, 1.82) is 0 Å². The maximum atomic E-state index is 5.16. The molecule has 2 aromatic rings. The summed E-state index contributed by atoms with van der Waals surface area (Å²) in [5, 5.41) is 11.1. The van der Waals surface area contributed by atoms with Crippen LogP contribution in [-0.4, -0.2) is 35.1 Å². The van der Waals surface area contributed by atoms with Gasteiger partial charge in [0.25, 0.3) is 0 Å². The third-order valence-corrected chi connectivity index (χ3v) is 3.76. The van der Waals surface area contributed by atoms with Crippen molar-refractivity contribution in [2.24, 2.45) is 0 Å². The molecule has 0 saturated carbocycles. The Morgan fingerprint density at radius 2 is 2.11 bits per heavy atom. The smallest absolute Gasteiger partial charge is 0.208 e. The summed E-state index contributed by atoms with van der Waals surface area (Å²) in [4.78, 5) is 4.29. The topological polar surface area (TPSA) is 62.8 Å². The standard InChI is InChI=1S/C13H18N4OS/c1-9-15-13(17-16-9)19-8-12(14-2)10-4-6-11(18-3)7-5-10/h4-7,12,14H,8H2,1-3H3,(H,15,16,17). The lowest BCUT2D eigenvalue weighted by Gasteiger charge is -2.15. The van der Waals surface area contributed by atoms with E-state index >= 15 is 0 Å². The summed E-state index contributed by atoms with van der Waals surface area (Å²) in [6.45, 7) is 1.90. The first-order chi connectivity index (χ1) is 9.22. The van der Waals surface area contributed by atoms with Gasteiger partial charge in [-0.15, -0.1) is 5.10 Å². The van der Waals surface area contributed by atoms with Crippen LogP contribution in [0, 0.1) is 6.92 Å². The molecule has 1 aromatic heterocycles. The molecule has 0 amide bonds. The normalized spacial score (nSPS) is 12.4. The lowest BCUT2D eigenvalue weighted by Crippen LogP contribution is -2.18. The van der Waals surface area contributed by atoms with Gasteiger partial charge in [0.2, 0.25) is 5.16 Å². The quantitative estimate of drug-likeness (QED) is 0.793. The molecule has 2 N–H and O–H groups in total. The van der Waals surface area contributed by atoms with E-state index in [-0.39, 0.29) is 6.04 Å². The Morgan fingerprint density at radius 3 is 2.63 bits per heavy atom. The number of rotatable bonds is 6. The highest BCUT2D eigenvalue weighted by Gasteiger charge is 2.11. The van der Waals surface area contributed by atoms with Gasteiger partial charge in [0.15, 0.2) is 0 Å². The average Bonchev–Trinajstić information content (AvgIpc) is 2.86. The van der Waals surface area contributed by atoms with E-state index in [4.69, 9.17) is 4.74 Å². The highest BCUT2D eigenvalue weighted by atomic mass is 32.2. The molecule has 1 atom stereocenters. The Labute approximate surface area is 117 Å². The van der Waals surface area contributed by atoms with E-state index in [1.807, 2.05) is 26.1 Å². The number of benzene rings is 1. The second-order valence-electron chi connectivity index (χ2n) is 4.13. The summed E-state index contributed by atoms with van der Waals surface area (Å²) in [5.74, 6) is 2.59. The molecular weight excluding hydrogens is 260 g/mol. The van der Waals surface area contributed by atoms with Crippen LogP contribution in [0.4, 0.5) is 0 Å². The fourth-order valence-corrected chi connectivity index (χ4v) is 2.71. The summed E-state index contributed by atoms with van der Waals surface area (Å²) >= 11 is 1.63. The van der Waals surface area contributed by atoms with E-state index in [0.717, 1.165) is 22.5 Å². The van der Waals surface area contributed by atoms with Crippen LogP contribution in [0.5, 0.6) is 5.75 Å². The molecule has 19 heavy (non-hydrogen) atoms. The van der Waals surface area contributed by atoms with Crippen molar-refractivity contribution in [2.75, 3.05) is 19.9 Å². The monoisotopic (exact) mass is 278 g/mol. The van der Waals surface area contributed by atoms with Crippen molar-refractivity contribution >= 4 is 11.8 Å². The molecular formula is C13H18N4OS. The van der Waals surface area contributed by atoms with Gasteiger partial charge in [0, 0.05) is 11.8 Å². The highest BCUT2D eigenvalue weighted by molar-refractivity contribution is 7.99. The summed E-state index contributed by atoms with van der Waals surface area (Å²) in [6, 6.07) is 8.35. The number of nitrogens with zero attached hydrogens (tertiary/aromatic N) is 2. The number of nitrogens with one attached hydrogen (secondary N) is 2. The molecule has 1 heterocycles. The molecule has 102 valence electrons. The number of ether oxygens (including phenoxy) is 1. The van der Waals surface area contributed by atoms with Gasteiger partial charge in [-0.05, 0) is 31.7 Å². The number of aromatic amines is 1. The van der Waals surface area contributed by atoms with Crippen LogP contribution < -0.4 is 10.1 Å². The minimum atomic E-state index is 0.259. The first-order valence-corrected chi connectivity index (χ1v) is 7.04. The zero-order valence-corrected chi connectivity index (χ0v) is 12.1. The SMILES string of the molecule is CNC(CSc1n[nH]c(C)n1)c1ccc(OC)cc1. The molecule has 0 bridgehead atoms. The Kier molecular flexibility index (Phi) is 4.81. The predicted molar refractivity (Wildman–Crippen MR) is 76.6 cm³/mol. The number of hydrogen-bond acceptors (Lipinski definition) is 5. The van der Waals surface area contributed by atoms with Gasteiger partial charge in [0.05, 0.1) is 7.11 Å². The second kappa shape index (κ2) is 6.58. The zero-order chi connectivity index (χ0) is 13.7. The van der Waals surface area contributed by atoms with Crippen molar-refractivity contribution in [1.82, 2.24) is 20.5 Å². The fraction of sp³-hybridized carbons (Fsp3) is 0.385. The summed E-state index contributed by atoms with van der Waals surface area (Å²) in [6.07, 6.45) is 0. The van der Waals surface area contributed by atoms with Gasteiger partial charge in [-0.1, -0.05) is 23.9 Å². The maximum Gasteiger partial charge on any atom is 0.208 e. The molecule has 0 radical (unpaired) electrons. The molecule has 0 saturated heterocycles. The lowest BCUT2D eigenvalue weighted by molar-refractivity contribution is 0.414. The molecule has 0 fully saturated rings. The van der Waals surface area contributed by atoms with Crippen molar-refractivity contribution in [3.63, 3.8) is 0 Å². The van der Waals surface area contributed by atoms with Crippen LogP contribution in [-0.2, 0) is 0 Å². The van der Waals surface area contributed by atoms with E-state index in [9.17, 15) is 0 Å². The first kappa shape index (κ1) is 13.9. The van der Waals surface area contributed by atoms with Crippen molar-refractivity contribution in [3.8, 4) is 5.75 Å². The van der Waals surface area contributed by atoms with Crippen LogP contribution in [0.15, 0.2) is 29.4 Å². The van der Waals surface area contributed by atoms with E-state index in [0.29, 0.717) is 0 Å². The third kappa shape index (κ3) is 3.71. The largest absolute Gasteiger partial charge is 0.497 e. The van der Waals surface area contributed by atoms with Crippen LogP contribution in [0.1, 0.15) is 17.4 Å². The Morgan fingerprint density at radius 1 is 1.37 bits per heavy atom. The first-order valence-electron chi connectivity index (χ1n) is 6.06. The van der Waals surface area contributed by atoms with Gasteiger partial charge < -0.3 is 10.1 Å². The van der Waals surface area contributed by atoms with Crippen molar-refractivity contribution < 1.29 is 4.74 Å². The Hall–Kier alpha value is -1.53. The van der Waals surface area contributed by atoms with Gasteiger partial charge in [-0.3, -0.25) is 5.10 Å². The zero-order valence-electron chi connectivity index (χ0n) is 11.3. The minimum absolute atomic E-state index is 0.259. The van der Waals surface area contributed by atoms with Crippen molar-refractivity contribution in [2.45, 2.75) is 18.1 Å². The molecule has 0 spiro atoms. The molecule has 1 aromatic carbocycles. The van der Waals surface area contributed by atoms with Gasteiger partial charge in [-0.2, -0.15) is 0 Å². The van der Waals surface area contributed by atoms with Gasteiger partial charge in [-0.25, -0.2) is 4.98 Å². The predicted octanol–water partition coefficient (Wildman–Crippen LogP) is 2.17. The van der Waals surface area contributed by atoms with E-state index in [2.05, 4.69) is 32.6 Å². The maximum absolute atomic E-state index is 5.16. The van der Waals surface area contributed by atoms with Gasteiger partial charge >= 0.3 is 0 Å². The summed E-state index contributed by atoms with van der Waals surface area (Å²) in [7, 11) is 3.63. The number of H-pyrrole nitrogens is 1. The van der Waals surface area contributed by atoms with E-state index in [1.54, 1.807) is 18.9 Å². The molecule has 2 rings (SSSR count). The van der Waals surface area contributed by atoms with Crippen LogP contribution in [0.25, 0.3) is 0 Å². The van der Waals surface area contributed by atoms with Crippen molar-refractivity contribution in [3.05, 3.63) is 35.7 Å². The number of thioether (sulfide) groups is 1. The summed E-state index contributed by atoms with van der Waals surface area (Å²) < 4.78 is 5.16. The Balaban J connectivity index is 1.98. The van der Waals surface area contributed by atoms with Crippen LogP contribution in [0.2, 0.25) is 0 Å². The van der Waals surface area contributed by atoms with E-state index in [1.165, 1.54) is 5.56 Å². The molecule has 0 aliphatic carbocycles. The van der Waals surface area contributed by atoms with Crippen LogP contribution in [0.3, 0.4) is 0 Å². The number of aromatic nitrogens is 3. The van der Waals surface area contributed by atoms with E-state index < -0.39 is 0 Å². The Bertz CT molecular complexity index is 512. The fourth-order valence-electron chi connectivity index (χ4n) is 1.73. The molecule has 0 aliphatic rings. The number of methoxy groups -OCH3 is 1.